The minimum absolute atomic E-state index is 0.0271. The van der Waals surface area contributed by atoms with Crippen molar-refractivity contribution in [2.24, 2.45) is 0 Å². The molecule has 0 fully saturated rings. The maximum Gasteiger partial charge on any atom is 0.341 e. The summed E-state index contributed by atoms with van der Waals surface area (Å²) in [4.78, 5) is 27.1. The summed E-state index contributed by atoms with van der Waals surface area (Å²) in [6, 6.07) is 9.89. The summed E-state index contributed by atoms with van der Waals surface area (Å²) in [5.74, 6) is -0.505. The third-order valence-corrected chi connectivity index (χ3v) is 3.37. The Bertz CT molecular complexity index is 707. The molecule has 126 valence electrons. The fourth-order valence-corrected chi connectivity index (χ4v) is 2.01. The molecular formula is C16H14Cl2N2O4. The first-order chi connectivity index (χ1) is 11.6. The lowest BCUT2D eigenvalue weighted by Crippen LogP contribution is -2.32. The zero-order valence-electron chi connectivity index (χ0n) is 12.5. The van der Waals surface area contributed by atoms with Gasteiger partial charge in [0.15, 0.2) is 6.61 Å². The van der Waals surface area contributed by atoms with Gasteiger partial charge in [-0.3, -0.25) is 4.79 Å². The highest BCUT2D eigenvalue weighted by molar-refractivity contribution is 6.32. The summed E-state index contributed by atoms with van der Waals surface area (Å²) in [6.07, 6.45) is 1.45. The van der Waals surface area contributed by atoms with Crippen molar-refractivity contribution in [1.82, 2.24) is 10.3 Å². The fourth-order valence-electron chi connectivity index (χ4n) is 1.69. The highest BCUT2D eigenvalue weighted by atomic mass is 35.5. The number of carbonyl (C=O) groups excluding carboxylic acids is 2. The van der Waals surface area contributed by atoms with Gasteiger partial charge in [-0.2, -0.15) is 0 Å². The van der Waals surface area contributed by atoms with Crippen LogP contribution < -0.4 is 10.1 Å². The average molecular weight is 369 g/mol. The Kier molecular flexibility index (Phi) is 6.84. The van der Waals surface area contributed by atoms with E-state index < -0.39 is 18.5 Å². The zero-order valence-corrected chi connectivity index (χ0v) is 14.0. The third-order valence-electron chi connectivity index (χ3n) is 2.82. The summed E-state index contributed by atoms with van der Waals surface area (Å²) in [6.45, 7) is 0.132. The van der Waals surface area contributed by atoms with Crippen molar-refractivity contribution in [3.63, 3.8) is 0 Å². The highest BCUT2D eigenvalue weighted by Crippen LogP contribution is 2.15. The number of pyridine rings is 1. The Morgan fingerprint density at radius 2 is 1.88 bits per heavy atom. The molecule has 0 radical (unpaired) electrons. The van der Waals surface area contributed by atoms with Crippen molar-refractivity contribution in [3.05, 3.63) is 58.3 Å². The lowest BCUT2D eigenvalue weighted by Gasteiger charge is -2.08. The van der Waals surface area contributed by atoms with Crippen LogP contribution in [0.15, 0.2) is 42.6 Å². The standard InChI is InChI=1S/C16H14Cl2N2O4/c17-11-3-5-12(6-4-11)23-9-8-19-14(21)10-24-16(22)13-2-1-7-20-15(13)18/h1-7H,8-10H2,(H,19,21). The number of carbonyl (C=O) groups is 2. The van der Waals surface area contributed by atoms with Crippen LogP contribution in [0.5, 0.6) is 5.75 Å². The van der Waals surface area contributed by atoms with Gasteiger partial charge in [0.1, 0.15) is 17.5 Å². The average Bonchev–Trinajstić information content (AvgIpc) is 2.58. The quantitative estimate of drug-likeness (QED) is 0.461. The van der Waals surface area contributed by atoms with Crippen LogP contribution in [0.3, 0.4) is 0 Å². The van der Waals surface area contributed by atoms with E-state index in [4.69, 9.17) is 32.7 Å². The van der Waals surface area contributed by atoms with Gasteiger partial charge in [-0.15, -0.1) is 0 Å². The molecule has 1 heterocycles. The molecule has 1 aromatic heterocycles. The predicted molar refractivity (Wildman–Crippen MR) is 89.5 cm³/mol. The number of rotatable bonds is 7. The molecule has 0 aliphatic heterocycles. The maximum absolute atomic E-state index is 11.8. The molecule has 0 atom stereocenters. The van der Waals surface area contributed by atoms with E-state index in [0.717, 1.165) is 0 Å². The molecule has 6 nitrogen and oxygen atoms in total. The zero-order chi connectivity index (χ0) is 17.4. The lowest BCUT2D eigenvalue weighted by atomic mass is 10.3. The van der Waals surface area contributed by atoms with E-state index in [9.17, 15) is 9.59 Å². The van der Waals surface area contributed by atoms with E-state index in [1.807, 2.05) is 0 Å². The molecular weight excluding hydrogens is 355 g/mol. The molecule has 0 aliphatic rings. The van der Waals surface area contributed by atoms with Gasteiger partial charge in [0.2, 0.25) is 0 Å². The predicted octanol–water partition coefficient (Wildman–Crippen LogP) is 2.74. The number of halogens is 2. The Labute approximate surface area is 148 Å². The normalized spacial score (nSPS) is 10.1. The number of ether oxygens (including phenoxy) is 2. The first-order valence-electron chi connectivity index (χ1n) is 6.99. The van der Waals surface area contributed by atoms with E-state index in [0.29, 0.717) is 10.8 Å². The van der Waals surface area contributed by atoms with Gasteiger partial charge in [0.05, 0.1) is 12.1 Å². The van der Waals surface area contributed by atoms with Crippen LogP contribution >= 0.6 is 23.2 Å². The summed E-state index contributed by atoms with van der Waals surface area (Å²) in [5, 5.41) is 3.21. The Hall–Kier alpha value is -2.31. The smallest absolute Gasteiger partial charge is 0.341 e. The number of aromatic nitrogens is 1. The van der Waals surface area contributed by atoms with Crippen molar-refractivity contribution < 1.29 is 19.1 Å². The van der Waals surface area contributed by atoms with Crippen LogP contribution in [0.25, 0.3) is 0 Å². The molecule has 2 aromatic rings. The molecule has 2 rings (SSSR count). The van der Waals surface area contributed by atoms with Gasteiger partial charge >= 0.3 is 5.97 Å². The molecule has 8 heteroatoms. The third kappa shape index (κ3) is 5.72. The minimum atomic E-state index is -0.708. The number of hydrogen-bond donors (Lipinski definition) is 1. The second kappa shape index (κ2) is 9.10. The molecule has 1 amide bonds. The van der Waals surface area contributed by atoms with Crippen molar-refractivity contribution in [1.29, 1.82) is 0 Å². The van der Waals surface area contributed by atoms with E-state index in [1.54, 1.807) is 30.3 Å². The molecule has 1 N–H and O–H groups in total. The van der Waals surface area contributed by atoms with Gasteiger partial charge < -0.3 is 14.8 Å². The minimum Gasteiger partial charge on any atom is -0.492 e. The van der Waals surface area contributed by atoms with Crippen molar-refractivity contribution >= 4 is 35.1 Å². The summed E-state index contributed by atoms with van der Waals surface area (Å²) >= 11 is 11.5. The van der Waals surface area contributed by atoms with Crippen molar-refractivity contribution in [3.8, 4) is 5.75 Å². The van der Waals surface area contributed by atoms with Gasteiger partial charge in [0, 0.05) is 11.2 Å². The molecule has 1 aromatic carbocycles. The maximum atomic E-state index is 11.8. The van der Waals surface area contributed by atoms with Gasteiger partial charge in [-0.1, -0.05) is 23.2 Å². The summed E-state index contributed by atoms with van der Waals surface area (Å²) < 4.78 is 10.3. The number of nitrogens with one attached hydrogen (secondary N) is 1. The number of hydrogen-bond acceptors (Lipinski definition) is 5. The number of benzene rings is 1. The largest absolute Gasteiger partial charge is 0.492 e. The Morgan fingerprint density at radius 3 is 2.58 bits per heavy atom. The molecule has 0 saturated heterocycles. The van der Waals surface area contributed by atoms with Gasteiger partial charge in [0.25, 0.3) is 5.91 Å². The van der Waals surface area contributed by atoms with Gasteiger partial charge in [-0.25, -0.2) is 9.78 Å². The van der Waals surface area contributed by atoms with Crippen LogP contribution in [0.2, 0.25) is 10.2 Å². The van der Waals surface area contributed by atoms with Crippen LogP contribution in [-0.4, -0.2) is 36.6 Å². The van der Waals surface area contributed by atoms with Crippen LogP contribution in [-0.2, 0) is 9.53 Å². The Morgan fingerprint density at radius 1 is 1.12 bits per heavy atom. The highest BCUT2D eigenvalue weighted by Gasteiger charge is 2.13. The van der Waals surface area contributed by atoms with Crippen LogP contribution in [0.4, 0.5) is 0 Å². The summed E-state index contributed by atoms with van der Waals surface area (Å²) in [7, 11) is 0. The number of amides is 1. The SMILES string of the molecule is O=C(COC(=O)c1cccnc1Cl)NCCOc1ccc(Cl)cc1. The number of nitrogens with zero attached hydrogens (tertiary/aromatic N) is 1. The molecule has 0 saturated carbocycles. The van der Waals surface area contributed by atoms with E-state index in [1.165, 1.54) is 12.3 Å². The van der Waals surface area contributed by atoms with E-state index >= 15 is 0 Å². The fraction of sp³-hybridized carbons (Fsp3) is 0.188. The monoisotopic (exact) mass is 368 g/mol. The summed E-state index contributed by atoms with van der Waals surface area (Å²) in [5.41, 5.74) is 0.109. The van der Waals surface area contributed by atoms with Gasteiger partial charge in [-0.05, 0) is 36.4 Å². The Balaban J connectivity index is 1.65. The van der Waals surface area contributed by atoms with Crippen molar-refractivity contribution in [2.75, 3.05) is 19.8 Å². The molecule has 0 bridgehead atoms. The first-order valence-corrected chi connectivity index (χ1v) is 7.74. The molecule has 24 heavy (non-hydrogen) atoms. The second-order valence-corrected chi connectivity index (χ2v) is 5.36. The van der Waals surface area contributed by atoms with E-state index in [-0.39, 0.29) is 23.9 Å². The van der Waals surface area contributed by atoms with E-state index in [2.05, 4.69) is 10.3 Å². The number of esters is 1. The molecule has 0 spiro atoms. The van der Waals surface area contributed by atoms with Crippen LogP contribution in [0.1, 0.15) is 10.4 Å². The molecule has 0 unspecified atom stereocenters. The second-order valence-electron chi connectivity index (χ2n) is 4.57. The molecule has 0 aliphatic carbocycles. The van der Waals surface area contributed by atoms with Crippen molar-refractivity contribution in [2.45, 2.75) is 0 Å². The lowest BCUT2D eigenvalue weighted by molar-refractivity contribution is -0.124. The topological polar surface area (TPSA) is 77.5 Å². The van der Waals surface area contributed by atoms with Crippen LogP contribution in [0, 0.1) is 0 Å². The first kappa shape index (κ1) is 18.0.